The number of aliphatic hydroxyl groups is 1. The monoisotopic (exact) mass is 227 g/mol. The van der Waals surface area contributed by atoms with Gasteiger partial charge < -0.3 is 15.1 Å². The van der Waals surface area contributed by atoms with Crippen LogP contribution in [0.25, 0.3) is 0 Å². The molecule has 0 aromatic rings. The van der Waals surface area contributed by atoms with Gasteiger partial charge >= 0.3 is 5.97 Å². The van der Waals surface area contributed by atoms with Crippen molar-refractivity contribution in [3.05, 3.63) is 24.9 Å². The number of hydrogen-bond donors (Lipinski definition) is 2. The zero-order chi connectivity index (χ0) is 12.7. The summed E-state index contributed by atoms with van der Waals surface area (Å²) in [6, 6.07) is 0. The molecule has 90 valence electrons. The van der Waals surface area contributed by atoms with Crippen LogP contribution in [0, 0.1) is 0 Å². The van der Waals surface area contributed by atoms with Crippen LogP contribution in [0.1, 0.15) is 19.8 Å². The third-order valence-electron chi connectivity index (χ3n) is 2.11. The second-order valence-electron chi connectivity index (χ2n) is 3.38. The maximum absolute atomic E-state index is 10.7. The van der Waals surface area contributed by atoms with E-state index in [0.29, 0.717) is 6.42 Å². The van der Waals surface area contributed by atoms with Crippen LogP contribution in [0.2, 0.25) is 0 Å². The number of amides is 1. The third-order valence-corrected chi connectivity index (χ3v) is 2.11. The van der Waals surface area contributed by atoms with Gasteiger partial charge in [0.1, 0.15) is 0 Å². The molecular weight excluding hydrogens is 210 g/mol. The molecule has 0 aromatic heterocycles. The molecule has 0 bridgehead atoms. The molecule has 5 heteroatoms. The molecule has 1 fully saturated rings. The first-order chi connectivity index (χ1) is 7.40. The number of nitrogens with zero attached hydrogens (tertiary/aromatic N) is 1. The van der Waals surface area contributed by atoms with E-state index in [1.165, 1.54) is 6.92 Å². The highest BCUT2D eigenvalue weighted by Crippen LogP contribution is 2.08. The Labute approximate surface area is 94.7 Å². The van der Waals surface area contributed by atoms with E-state index in [2.05, 4.69) is 13.2 Å². The first-order valence-electron chi connectivity index (χ1n) is 4.92. The number of carboxylic acid groups (broad SMARTS) is 1. The van der Waals surface area contributed by atoms with Crippen molar-refractivity contribution in [2.45, 2.75) is 25.9 Å². The van der Waals surface area contributed by atoms with Gasteiger partial charge in [-0.25, -0.2) is 4.79 Å². The van der Waals surface area contributed by atoms with E-state index in [-0.39, 0.29) is 11.5 Å². The lowest BCUT2D eigenvalue weighted by Gasteiger charge is -2.05. The minimum Gasteiger partial charge on any atom is -0.478 e. The van der Waals surface area contributed by atoms with E-state index < -0.39 is 12.1 Å². The molecule has 1 unspecified atom stereocenters. The standard InChI is InChI=1S/C6H9NO.C5H8O3/c1-2-7-5-3-4-6(7)8;1-3(4(2)6)5(7)8/h2H,1,3-5H2;4,6H,1H2,2H3,(H,7,8). The van der Waals surface area contributed by atoms with Gasteiger partial charge in [-0.2, -0.15) is 0 Å². The van der Waals surface area contributed by atoms with Crippen LogP contribution in [0.3, 0.4) is 0 Å². The van der Waals surface area contributed by atoms with Crippen molar-refractivity contribution >= 4 is 11.9 Å². The number of aliphatic hydroxyl groups excluding tert-OH is 1. The summed E-state index contributed by atoms with van der Waals surface area (Å²) in [6.07, 6.45) is 2.33. The third kappa shape index (κ3) is 4.75. The summed E-state index contributed by atoms with van der Waals surface area (Å²) in [6.45, 7) is 8.82. The molecule has 1 atom stereocenters. The van der Waals surface area contributed by atoms with Gasteiger partial charge in [-0.1, -0.05) is 13.2 Å². The Balaban J connectivity index is 0.000000281. The normalized spacial score (nSPS) is 16.1. The van der Waals surface area contributed by atoms with E-state index in [9.17, 15) is 9.59 Å². The maximum Gasteiger partial charge on any atom is 0.333 e. The van der Waals surface area contributed by atoms with E-state index in [4.69, 9.17) is 10.2 Å². The molecule has 1 rings (SSSR count). The predicted molar refractivity (Wildman–Crippen MR) is 59.6 cm³/mol. The highest BCUT2D eigenvalue weighted by Gasteiger charge is 2.16. The van der Waals surface area contributed by atoms with Crippen molar-refractivity contribution in [1.82, 2.24) is 4.90 Å². The summed E-state index contributed by atoms with van der Waals surface area (Å²) in [5.74, 6) is -0.944. The summed E-state index contributed by atoms with van der Waals surface area (Å²) in [5, 5.41) is 16.6. The lowest BCUT2D eigenvalue weighted by atomic mass is 10.2. The number of carboxylic acids is 1. The summed E-state index contributed by atoms with van der Waals surface area (Å²) >= 11 is 0. The Morgan fingerprint density at radius 2 is 2.19 bits per heavy atom. The Bertz CT molecular complexity index is 296. The lowest BCUT2D eigenvalue weighted by Crippen LogP contribution is -2.16. The Hall–Kier alpha value is -1.62. The quantitative estimate of drug-likeness (QED) is 0.698. The summed E-state index contributed by atoms with van der Waals surface area (Å²) in [4.78, 5) is 22.2. The fourth-order valence-electron chi connectivity index (χ4n) is 1.04. The van der Waals surface area contributed by atoms with Crippen LogP contribution >= 0.6 is 0 Å². The Morgan fingerprint density at radius 1 is 1.62 bits per heavy atom. The molecule has 1 amide bonds. The second-order valence-corrected chi connectivity index (χ2v) is 3.38. The van der Waals surface area contributed by atoms with E-state index in [1.54, 1.807) is 11.1 Å². The van der Waals surface area contributed by atoms with Crippen LogP contribution < -0.4 is 0 Å². The molecule has 0 saturated carbocycles. The summed E-state index contributed by atoms with van der Waals surface area (Å²) in [5.41, 5.74) is -0.176. The molecule has 0 aliphatic carbocycles. The van der Waals surface area contributed by atoms with Gasteiger partial charge in [0.05, 0.1) is 11.7 Å². The smallest absolute Gasteiger partial charge is 0.333 e. The summed E-state index contributed by atoms with van der Waals surface area (Å²) in [7, 11) is 0. The van der Waals surface area contributed by atoms with Crippen LogP contribution in [0.15, 0.2) is 24.9 Å². The largest absolute Gasteiger partial charge is 0.478 e. The molecule has 1 saturated heterocycles. The average Bonchev–Trinajstić information content (AvgIpc) is 2.63. The van der Waals surface area contributed by atoms with Crippen molar-refractivity contribution in [3.63, 3.8) is 0 Å². The van der Waals surface area contributed by atoms with Crippen LogP contribution in [-0.4, -0.2) is 39.6 Å². The molecular formula is C11H17NO4. The van der Waals surface area contributed by atoms with Crippen LogP contribution in [0.5, 0.6) is 0 Å². The minimum absolute atomic E-state index is 0.176. The number of rotatable bonds is 3. The van der Waals surface area contributed by atoms with Crippen molar-refractivity contribution in [3.8, 4) is 0 Å². The van der Waals surface area contributed by atoms with Gasteiger partial charge in [-0.05, 0) is 19.5 Å². The molecule has 0 radical (unpaired) electrons. The highest BCUT2D eigenvalue weighted by molar-refractivity contribution is 5.86. The zero-order valence-electron chi connectivity index (χ0n) is 9.35. The number of hydrogen-bond acceptors (Lipinski definition) is 3. The van der Waals surface area contributed by atoms with Crippen LogP contribution in [-0.2, 0) is 9.59 Å². The molecule has 1 aliphatic heterocycles. The second kappa shape index (κ2) is 6.79. The molecule has 5 nitrogen and oxygen atoms in total. The van der Waals surface area contributed by atoms with E-state index >= 15 is 0 Å². The average molecular weight is 227 g/mol. The fourth-order valence-corrected chi connectivity index (χ4v) is 1.04. The highest BCUT2D eigenvalue weighted by atomic mass is 16.4. The molecule has 1 aliphatic rings. The van der Waals surface area contributed by atoms with Crippen LogP contribution in [0.4, 0.5) is 0 Å². The first kappa shape index (κ1) is 14.4. The van der Waals surface area contributed by atoms with Crippen molar-refractivity contribution in [2.75, 3.05) is 6.54 Å². The lowest BCUT2D eigenvalue weighted by molar-refractivity contribution is -0.133. The number of carbonyl (C=O) groups excluding carboxylic acids is 1. The Kier molecular flexibility index (Phi) is 6.10. The molecule has 1 heterocycles. The summed E-state index contributed by atoms with van der Waals surface area (Å²) < 4.78 is 0. The van der Waals surface area contributed by atoms with Crippen molar-refractivity contribution < 1.29 is 19.8 Å². The zero-order valence-corrected chi connectivity index (χ0v) is 9.35. The fraction of sp³-hybridized carbons (Fsp3) is 0.455. The minimum atomic E-state index is -1.15. The van der Waals surface area contributed by atoms with Gasteiger partial charge in [-0.3, -0.25) is 4.79 Å². The molecule has 0 spiro atoms. The molecule has 2 N–H and O–H groups in total. The van der Waals surface area contributed by atoms with Gasteiger partial charge in [0.15, 0.2) is 0 Å². The molecule has 16 heavy (non-hydrogen) atoms. The number of likely N-dealkylation sites (tertiary alicyclic amines) is 1. The van der Waals surface area contributed by atoms with Gasteiger partial charge in [-0.15, -0.1) is 0 Å². The number of carbonyl (C=O) groups is 2. The number of aliphatic carboxylic acids is 1. The van der Waals surface area contributed by atoms with Gasteiger partial charge in [0.25, 0.3) is 0 Å². The van der Waals surface area contributed by atoms with Gasteiger partial charge in [0, 0.05) is 13.0 Å². The topological polar surface area (TPSA) is 77.8 Å². The first-order valence-corrected chi connectivity index (χ1v) is 4.92. The van der Waals surface area contributed by atoms with Gasteiger partial charge in [0.2, 0.25) is 5.91 Å². The molecule has 0 aromatic carbocycles. The van der Waals surface area contributed by atoms with Crippen molar-refractivity contribution in [2.24, 2.45) is 0 Å². The SMILES string of the molecule is C=C(C(=O)O)C(C)O.C=CN1CCCC1=O. The van der Waals surface area contributed by atoms with Crippen molar-refractivity contribution in [1.29, 1.82) is 0 Å². The maximum atomic E-state index is 10.7. The predicted octanol–water partition coefficient (Wildman–Crippen LogP) is 0.760. The Morgan fingerprint density at radius 3 is 2.31 bits per heavy atom. The van der Waals surface area contributed by atoms with E-state index in [0.717, 1.165) is 13.0 Å². The van der Waals surface area contributed by atoms with E-state index in [1.807, 2.05) is 0 Å².